The first-order valence-electron chi connectivity index (χ1n) is 7.67. The highest BCUT2D eigenvalue weighted by atomic mass is 15.3. The molecule has 114 valence electrons. The van der Waals surface area contributed by atoms with Crippen LogP contribution in [0.25, 0.3) is 0 Å². The van der Waals surface area contributed by atoms with Crippen molar-refractivity contribution in [3.8, 4) is 0 Å². The fourth-order valence-electron chi connectivity index (χ4n) is 2.34. The Morgan fingerprint density at radius 1 is 1.19 bits per heavy atom. The summed E-state index contributed by atoms with van der Waals surface area (Å²) in [6.45, 7) is 10.7. The summed E-state index contributed by atoms with van der Waals surface area (Å²) in [7, 11) is 0. The lowest BCUT2D eigenvalue weighted by Gasteiger charge is -2.22. The average Bonchev–Trinajstić information content (AvgIpc) is 2.95. The molecule has 0 radical (unpaired) electrons. The van der Waals surface area contributed by atoms with Crippen LogP contribution < -0.4 is 5.32 Å². The lowest BCUT2D eigenvalue weighted by atomic mass is 9.86. The van der Waals surface area contributed by atoms with Gasteiger partial charge in [-0.15, -0.1) is 0 Å². The molecule has 0 aliphatic heterocycles. The van der Waals surface area contributed by atoms with Gasteiger partial charge in [-0.25, -0.2) is 4.98 Å². The molecule has 0 amide bonds. The predicted octanol–water partition coefficient (Wildman–Crippen LogP) is 3.32. The molecule has 4 nitrogen and oxygen atoms in total. The maximum atomic E-state index is 4.21. The van der Waals surface area contributed by atoms with Crippen LogP contribution >= 0.6 is 0 Å². The van der Waals surface area contributed by atoms with Crippen LogP contribution in [0.4, 0.5) is 0 Å². The van der Waals surface area contributed by atoms with Crippen LogP contribution in [0, 0.1) is 0 Å². The van der Waals surface area contributed by atoms with Crippen molar-refractivity contribution in [1.29, 1.82) is 0 Å². The first kappa shape index (κ1) is 15.7. The topological polar surface area (TPSA) is 42.7 Å². The van der Waals surface area contributed by atoms with E-state index in [0.717, 1.165) is 19.5 Å². The van der Waals surface area contributed by atoms with E-state index in [1.807, 2.05) is 4.68 Å². The molecule has 0 saturated carbocycles. The van der Waals surface area contributed by atoms with Crippen molar-refractivity contribution in [2.75, 3.05) is 6.54 Å². The number of hydrogen-bond donors (Lipinski definition) is 1. The normalized spacial score (nSPS) is 13.3. The van der Waals surface area contributed by atoms with Gasteiger partial charge in [0.05, 0.1) is 12.6 Å². The lowest BCUT2D eigenvalue weighted by Crippen LogP contribution is -2.26. The van der Waals surface area contributed by atoms with Crippen molar-refractivity contribution in [3.05, 3.63) is 48.0 Å². The van der Waals surface area contributed by atoms with Crippen molar-refractivity contribution >= 4 is 0 Å². The first-order chi connectivity index (χ1) is 10.0. The summed E-state index contributed by atoms with van der Waals surface area (Å²) in [5.41, 5.74) is 2.85. The molecule has 21 heavy (non-hydrogen) atoms. The van der Waals surface area contributed by atoms with Gasteiger partial charge < -0.3 is 5.32 Å². The maximum absolute atomic E-state index is 4.21. The third-order valence-electron chi connectivity index (χ3n) is 3.66. The summed E-state index contributed by atoms with van der Waals surface area (Å²) >= 11 is 0. The average molecular weight is 286 g/mol. The van der Waals surface area contributed by atoms with Crippen LogP contribution in [-0.2, 0) is 12.0 Å². The van der Waals surface area contributed by atoms with E-state index < -0.39 is 0 Å². The third kappa shape index (κ3) is 4.39. The summed E-state index contributed by atoms with van der Waals surface area (Å²) in [6, 6.07) is 9.19. The molecule has 0 aliphatic rings. The number of rotatable bonds is 6. The molecule has 1 atom stereocenters. The molecular weight excluding hydrogens is 260 g/mol. The van der Waals surface area contributed by atoms with Crippen molar-refractivity contribution in [1.82, 2.24) is 20.1 Å². The molecule has 0 saturated heterocycles. The zero-order valence-corrected chi connectivity index (χ0v) is 13.5. The fraction of sp³-hybridized carbons (Fsp3) is 0.529. The lowest BCUT2D eigenvalue weighted by molar-refractivity contribution is 0.438. The minimum atomic E-state index is 0.191. The number of nitrogens with zero attached hydrogens (tertiary/aromatic N) is 3. The van der Waals surface area contributed by atoms with Gasteiger partial charge in [0, 0.05) is 0 Å². The van der Waals surface area contributed by atoms with E-state index in [-0.39, 0.29) is 11.5 Å². The molecule has 1 unspecified atom stereocenters. The molecule has 2 rings (SSSR count). The van der Waals surface area contributed by atoms with Crippen LogP contribution in [0.5, 0.6) is 0 Å². The maximum Gasteiger partial charge on any atom is 0.137 e. The van der Waals surface area contributed by atoms with Crippen LogP contribution in [0.1, 0.15) is 51.3 Å². The largest absolute Gasteiger partial charge is 0.308 e. The second-order valence-electron chi connectivity index (χ2n) is 6.50. The summed E-state index contributed by atoms with van der Waals surface area (Å²) in [6.07, 6.45) is 4.47. The molecule has 1 aromatic heterocycles. The zero-order chi connectivity index (χ0) is 15.3. The van der Waals surface area contributed by atoms with Crippen molar-refractivity contribution < 1.29 is 0 Å². The van der Waals surface area contributed by atoms with Crippen molar-refractivity contribution in [2.24, 2.45) is 0 Å². The monoisotopic (exact) mass is 286 g/mol. The Kier molecular flexibility index (Phi) is 5.12. The van der Waals surface area contributed by atoms with Gasteiger partial charge in [-0.2, -0.15) is 5.10 Å². The van der Waals surface area contributed by atoms with E-state index >= 15 is 0 Å². The smallest absolute Gasteiger partial charge is 0.137 e. The van der Waals surface area contributed by atoms with Gasteiger partial charge in [0.15, 0.2) is 0 Å². The molecule has 2 aromatic rings. The summed E-state index contributed by atoms with van der Waals surface area (Å²) < 4.78 is 1.88. The van der Waals surface area contributed by atoms with E-state index in [0.29, 0.717) is 0 Å². The van der Waals surface area contributed by atoms with E-state index in [1.54, 1.807) is 12.7 Å². The molecular formula is C17H26N4. The Hall–Kier alpha value is -1.68. The van der Waals surface area contributed by atoms with E-state index in [2.05, 4.69) is 67.4 Å². The third-order valence-corrected chi connectivity index (χ3v) is 3.66. The Labute approximate surface area is 127 Å². The zero-order valence-electron chi connectivity index (χ0n) is 13.5. The quantitative estimate of drug-likeness (QED) is 0.886. The molecule has 0 fully saturated rings. The first-order valence-corrected chi connectivity index (χ1v) is 7.67. The van der Waals surface area contributed by atoms with Gasteiger partial charge in [-0.05, 0) is 29.5 Å². The Morgan fingerprint density at radius 2 is 1.90 bits per heavy atom. The second kappa shape index (κ2) is 6.85. The molecule has 4 heteroatoms. The summed E-state index contributed by atoms with van der Waals surface area (Å²) in [5, 5.41) is 7.81. The van der Waals surface area contributed by atoms with Gasteiger partial charge in [0.25, 0.3) is 0 Å². The Morgan fingerprint density at radius 3 is 2.43 bits per heavy atom. The Bertz CT molecular complexity index is 523. The molecule has 0 bridgehead atoms. The standard InChI is InChI=1S/C17H26N4/c1-5-10-19-16(11-21-13-18-12-20-21)14-6-8-15(9-7-14)17(2,3)4/h6-9,12-13,16,19H,5,10-11H2,1-4H3. The predicted molar refractivity (Wildman–Crippen MR) is 86.2 cm³/mol. The molecule has 1 N–H and O–H groups in total. The number of benzene rings is 1. The van der Waals surface area contributed by atoms with Gasteiger partial charge >= 0.3 is 0 Å². The minimum absolute atomic E-state index is 0.191. The summed E-state index contributed by atoms with van der Waals surface area (Å²) in [4.78, 5) is 4.02. The SMILES string of the molecule is CCCNC(Cn1cncn1)c1ccc(C(C)(C)C)cc1. The second-order valence-corrected chi connectivity index (χ2v) is 6.50. The van der Waals surface area contributed by atoms with Gasteiger partial charge in [0.2, 0.25) is 0 Å². The highest BCUT2D eigenvalue weighted by Gasteiger charge is 2.16. The van der Waals surface area contributed by atoms with E-state index in [1.165, 1.54) is 11.1 Å². The van der Waals surface area contributed by atoms with Crippen molar-refractivity contribution in [2.45, 2.75) is 52.1 Å². The molecule has 0 spiro atoms. The van der Waals surface area contributed by atoms with Crippen LogP contribution in [0.3, 0.4) is 0 Å². The molecule has 0 aliphatic carbocycles. The minimum Gasteiger partial charge on any atom is -0.308 e. The number of aromatic nitrogens is 3. The van der Waals surface area contributed by atoms with E-state index in [4.69, 9.17) is 0 Å². The highest BCUT2D eigenvalue weighted by molar-refractivity contribution is 5.29. The highest BCUT2D eigenvalue weighted by Crippen LogP contribution is 2.24. The summed E-state index contributed by atoms with van der Waals surface area (Å²) in [5.74, 6) is 0. The number of nitrogens with one attached hydrogen (secondary N) is 1. The van der Waals surface area contributed by atoms with Crippen molar-refractivity contribution in [3.63, 3.8) is 0 Å². The van der Waals surface area contributed by atoms with Crippen LogP contribution in [0.15, 0.2) is 36.9 Å². The van der Waals surface area contributed by atoms with Gasteiger partial charge in [-0.3, -0.25) is 4.68 Å². The van der Waals surface area contributed by atoms with Gasteiger partial charge in [-0.1, -0.05) is 52.0 Å². The van der Waals surface area contributed by atoms with Crippen LogP contribution in [0.2, 0.25) is 0 Å². The molecule has 1 aromatic carbocycles. The number of hydrogen-bond acceptors (Lipinski definition) is 3. The Balaban J connectivity index is 2.15. The fourth-order valence-corrected chi connectivity index (χ4v) is 2.34. The van der Waals surface area contributed by atoms with E-state index in [9.17, 15) is 0 Å². The van der Waals surface area contributed by atoms with Crippen LogP contribution in [-0.4, -0.2) is 21.3 Å². The van der Waals surface area contributed by atoms with Gasteiger partial charge in [0.1, 0.15) is 12.7 Å². The molecule has 1 heterocycles.